The third-order valence-corrected chi connectivity index (χ3v) is 4.63. The topological polar surface area (TPSA) is 127 Å². The zero-order valence-corrected chi connectivity index (χ0v) is 24.0. The molecule has 0 fully saturated rings. The van der Waals surface area contributed by atoms with Crippen LogP contribution in [0.4, 0.5) is 0 Å². The van der Waals surface area contributed by atoms with Crippen LogP contribution >= 0.6 is 15.9 Å². The van der Waals surface area contributed by atoms with Crippen molar-refractivity contribution in [3.8, 4) is 5.75 Å². The summed E-state index contributed by atoms with van der Waals surface area (Å²) in [5, 5.41) is 20.7. The molecular formula is C28H38BrN2O6+. The summed E-state index contributed by atoms with van der Waals surface area (Å²) in [7, 11) is 2.54. The summed E-state index contributed by atoms with van der Waals surface area (Å²) in [4.78, 5) is 33.8. The Morgan fingerprint density at radius 3 is 2.08 bits per heavy atom. The van der Waals surface area contributed by atoms with E-state index < -0.39 is 11.9 Å². The number of rotatable bonds is 10. The van der Waals surface area contributed by atoms with Crippen molar-refractivity contribution in [2.75, 3.05) is 14.2 Å². The van der Waals surface area contributed by atoms with Crippen molar-refractivity contribution in [3.63, 3.8) is 0 Å². The van der Waals surface area contributed by atoms with E-state index in [1.54, 1.807) is 51.1 Å². The minimum Gasteiger partial charge on any atom is -0.497 e. The molecule has 0 spiro atoms. The van der Waals surface area contributed by atoms with Crippen LogP contribution < -0.4 is 15.2 Å². The van der Waals surface area contributed by atoms with Gasteiger partial charge in [-0.05, 0) is 67.6 Å². The minimum absolute atomic E-state index is 0.0110. The van der Waals surface area contributed by atoms with E-state index in [1.165, 1.54) is 19.3 Å². The first-order valence-corrected chi connectivity index (χ1v) is 12.1. The molecule has 0 heterocycles. The summed E-state index contributed by atoms with van der Waals surface area (Å²) in [6.45, 7) is 9.18. The lowest BCUT2D eigenvalue weighted by molar-refractivity contribution is -0.421. The molecule has 0 aromatic heterocycles. The Morgan fingerprint density at radius 2 is 1.68 bits per heavy atom. The van der Waals surface area contributed by atoms with E-state index in [-0.39, 0.29) is 11.3 Å². The number of carbonyl (C=O) groups is 2. The number of halogens is 1. The van der Waals surface area contributed by atoms with Gasteiger partial charge in [-0.3, -0.25) is 4.79 Å². The number of allylic oxidation sites excluding steroid dienone is 10. The van der Waals surface area contributed by atoms with E-state index >= 15 is 0 Å². The highest BCUT2D eigenvalue weighted by atomic mass is 79.9. The number of hydrogen-bond donors (Lipinski definition) is 4. The first-order chi connectivity index (χ1) is 17.6. The fraction of sp³-hybridized carbons (Fsp3) is 0.286. The number of carboxylic acid groups (broad SMARTS) is 1. The van der Waals surface area contributed by atoms with Gasteiger partial charge >= 0.3 is 5.97 Å². The van der Waals surface area contributed by atoms with Crippen LogP contribution in [0.3, 0.4) is 0 Å². The van der Waals surface area contributed by atoms with Crippen molar-refractivity contribution in [2.45, 2.75) is 41.0 Å². The number of carboxylic acids is 1. The fourth-order valence-electron chi connectivity index (χ4n) is 2.52. The lowest BCUT2D eigenvalue weighted by Gasteiger charge is -2.10. The van der Waals surface area contributed by atoms with Gasteiger partial charge in [0.25, 0.3) is 5.91 Å². The number of amides is 1. The van der Waals surface area contributed by atoms with Crippen molar-refractivity contribution in [3.05, 3.63) is 104 Å². The van der Waals surface area contributed by atoms with Crippen LogP contribution in [0.2, 0.25) is 0 Å². The number of aliphatic hydroxyl groups is 1. The number of ether oxygens (including phenoxy) is 1. The number of methoxy groups -OCH3 is 1. The molecule has 0 aliphatic heterocycles. The molecular weight excluding hydrogens is 540 g/mol. The maximum Gasteiger partial charge on any atom is 0.337 e. The van der Waals surface area contributed by atoms with Gasteiger partial charge in [0, 0.05) is 35.8 Å². The van der Waals surface area contributed by atoms with E-state index in [1.807, 2.05) is 36.4 Å². The molecule has 4 N–H and O–H groups in total. The largest absolute Gasteiger partial charge is 0.497 e. The Bertz CT molecular complexity index is 1040. The number of aliphatic carboxylic acids is 1. The van der Waals surface area contributed by atoms with Gasteiger partial charge in [0.2, 0.25) is 5.70 Å². The third-order valence-electron chi connectivity index (χ3n) is 4.36. The van der Waals surface area contributed by atoms with Crippen LogP contribution in [-0.2, 0) is 4.79 Å². The minimum atomic E-state index is -1.12. The predicted octanol–water partition coefficient (Wildman–Crippen LogP) is 4.90. The van der Waals surface area contributed by atoms with Crippen LogP contribution in [0.15, 0.2) is 93.8 Å². The van der Waals surface area contributed by atoms with Gasteiger partial charge in [-0.2, -0.15) is 0 Å². The third kappa shape index (κ3) is 15.9. The number of aliphatic hydroxyl groups excluding tert-OH is 1. The van der Waals surface area contributed by atoms with Gasteiger partial charge in [-0.1, -0.05) is 53.2 Å². The molecule has 202 valence electrons. The van der Waals surface area contributed by atoms with E-state index in [0.29, 0.717) is 17.0 Å². The van der Waals surface area contributed by atoms with E-state index in [9.17, 15) is 19.6 Å². The summed E-state index contributed by atoms with van der Waals surface area (Å²) in [6.07, 6.45) is 13.3. The maximum absolute atomic E-state index is 12.3. The molecule has 1 aromatic carbocycles. The normalized spacial score (nSPS) is 12.6. The molecule has 8 nitrogen and oxygen atoms in total. The first-order valence-electron chi connectivity index (χ1n) is 11.4. The highest BCUT2D eigenvalue weighted by molar-refractivity contribution is 9.11. The fourth-order valence-corrected chi connectivity index (χ4v) is 2.66. The number of carbonyl (C=O) groups excluding carboxylic acids is 1. The lowest BCUT2D eigenvalue weighted by Crippen LogP contribution is -2.60. The lowest BCUT2D eigenvalue weighted by atomic mass is 10.1. The Kier molecular flexibility index (Phi) is 20.9. The molecule has 0 saturated carbocycles. The number of benzene rings is 1. The summed E-state index contributed by atoms with van der Waals surface area (Å²) in [6, 6.07) is 6.53. The summed E-state index contributed by atoms with van der Waals surface area (Å²) < 4.78 is 5.84. The van der Waals surface area contributed by atoms with Crippen LogP contribution in [0.1, 0.15) is 51.4 Å². The molecule has 0 bridgehead atoms. The Balaban J connectivity index is 0. The maximum atomic E-state index is 12.3. The molecule has 0 atom stereocenters. The second-order valence-electron chi connectivity index (χ2n) is 7.07. The Hall–Kier alpha value is -3.56. The molecule has 1 amide bonds. The van der Waals surface area contributed by atoms with Gasteiger partial charge < -0.3 is 20.3 Å². The van der Waals surface area contributed by atoms with E-state index in [2.05, 4.69) is 28.2 Å². The van der Waals surface area contributed by atoms with Gasteiger partial charge in [0.1, 0.15) is 5.75 Å². The number of nitroso groups, excluding NO2 is 1. The molecule has 37 heavy (non-hydrogen) atoms. The Labute approximate surface area is 227 Å². The summed E-state index contributed by atoms with van der Waals surface area (Å²) in [5.41, 5.74) is 2.41. The monoisotopic (exact) mass is 577 g/mol. The standard InChI is InChI=1S/C17H18BrNO4.C10H15NO.CH4O/c1-4-14(17(21)22)15(10-5-11(2)18)19-16(20)12-6-8-13(23-3)9-7-12;1-4-6-7-10(5-2)8-9(3)11-12;1-2/h4-10H,1-3H3,(H,19,20)(H,21,22);4,6-8H,5H2,1-3H3;2H,1H3/p+1/b11-5+,14-4+,15-10+;6-4-,9-8+,10-7-;. The molecule has 1 rings (SSSR count). The molecule has 0 saturated heterocycles. The van der Waals surface area contributed by atoms with Crippen LogP contribution in [0.25, 0.3) is 0 Å². The summed E-state index contributed by atoms with van der Waals surface area (Å²) >= 11 is 3.26. The van der Waals surface area contributed by atoms with Gasteiger partial charge in [0.05, 0.1) is 18.4 Å². The van der Waals surface area contributed by atoms with Gasteiger partial charge in [-0.25, -0.2) is 4.79 Å². The molecule has 0 unspecified atom stereocenters. The zero-order chi connectivity index (χ0) is 28.8. The van der Waals surface area contributed by atoms with E-state index in [0.717, 1.165) is 23.6 Å². The average Bonchev–Trinajstić information content (AvgIpc) is 2.90. The van der Waals surface area contributed by atoms with Crippen molar-refractivity contribution < 1.29 is 29.7 Å². The predicted molar refractivity (Wildman–Crippen MR) is 152 cm³/mol. The zero-order valence-electron chi connectivity index (χ0n) is 22.5. The van der Waals surface area contributed by atoms with Crippen molar-refractivity contribution in [1.29, 1.82) is 0 Å². The number of hydrogen-bond acceptors (Lipinski definition) is 5. The van der Waals surface area contributed by atoms with Crippen LogP contribution in [-0.4, -0.2) is 36.3 Å². The quantitative estimate of drug-likeness (QED) is 0.231. The van der Waals surface area contributed by atoms with Crippen LogP contribution in [0, 0.1) is 4.91 Å². The molecule has 0 aliphatic carbocycles. The molecule has 0 radical (unpaired) electrons. The number of nitrogens with one attached hydrogen (secondary N) is 2. The van der Waals surface area contributed by atoms with Gasteiger partial charge in [-0.15, -0.1) is 0 Å². The highest BCUT2D eigenvalue weighted by Crippen LogP contribution is 2.14. The second kappa shape index (κ2) is 21.7. The Morgan fingerprint density at radius 1 is 1.08 bits per heavy atom. The smallest absolute Gasteiger partial charge is 0.337 e. The summed E-state index contributed by atoms with van der Waals surface area (Å²) in [5.74, 6) is -0.885. The molecule has 1 aromatic rings. The molecule has 0 aliphatic rings. The van der Waals surface area contributed by atoms with Crippen molar-refractivity contribution in [2.24, 2.45) is 0 Å². The highest BCUT2D eigenvalue weighted by Gasteiger charge is 2.15. The molecule has 9 heteroatoms. The second-order valence-corrected chi connectivity index (χ2v) is 8.33. The van der Waals surface area contributed by atoms with Gasteiger partial charge in [0.15, 0.2) is 0 Å². The first kappa shape index (κ1) is 35.6. The average molecular weight is 579 g/mol. The van der Waals surface area contributed by atoms with E-state index in [4.69, 9.17) is 9.84 Å². The van der Waals surface area contributed by atoms with Crippen LogP contribution in [0.5, 0.6) is 5.75 Å². The van der Waals surface area contributed by atoms with Crippen molar-refractivity contribution >= 4 is 27.8 Å². The van der Waals surface area contributed by atoms with Crippen molar-refractivity contribution in [1.82, 2.24) is 5.32 Å². The SMILES string of the molecule is CO.C\C=C(C(=O)O)/C(=C\C=C(/C)Br)NC(=O)c1ccc(OC)cc1.C\C=C/C=C(\C=C(/C)[NH+]=O)CC.